The lowest BCUT2D eigenvalue weighted by Crippen LogP contribution is -2.66. The van der Waals surface area contributed by atoms with Crippen molar-refractivity contribution in [3.05, 3.63) is 23.8 Å². The molecule has 0 saturated heterocycles. The van der Waals surface area contributed by atoms with E-state index in [-0.39, 0.29) is 36.2 Å². The fourth-order valence-electron chi connectivity index (χ4n) is 2.37. The van der Waals surface area contributed by atoms with Gasteiger partial charge in [0.15, 0.2) is 17.5 Å². The number of methoxy groups -OCH3 is 1. The van der Waals surface area contributed by atoms with Gasteiger partial charge in [0.05, 0.1) is 7.11 Å². The van der Waals surface area contributed by atoms with Crippen LogP contribution < -0.4 is 15.2 Å². The first-order chi connectivity index (χ1) is 12.6. The minimum Gasteiger partial charge on any atom is -0.465 e. The Labute approximate surface area is 160 Å². The van der Waals surface area contributed by atoms with E-state index in [4.69, 9.17) is 9.47 Å². The van der Waals surface area contributed by atoms with Crippen molar-refractivity contribution in [3.63, 3.8) is 0 Å². The zero-order valence-electron chi connectivity index (χ0n) is 16.7. The van der Waals surface area contributed by atoms with Crippen molar-refractivity contribution < 1.29 is 34.3 Å². The summed E-state index contributed by atoms with van der Waals surface area (Å²) in [5, 5.41) is 0. The zero-order valence-corrected chi connectivity index (χ0v) is 16.7. The maximum absolute atomic E-state index is 12.1. The van der Waals surface area contributed by atoms with E-state index < -0.39 is 23.9 Å². The van der Waals surface area contributed by atoms with Crippen molar-refractivity contribution in [2.45, 2.75) is 53.0 Å². The van der Waals surface area contributed by atoms with Gasteiger partial charge >= 0.3 is 17.9 Å². The highest BCUT2D eigenvalue weighted by Gasteiger charge is 2.21. The van der Waals surface area contributed by atoms with Crippen molar-refractivity contribution in [2.24, 2.45) is 11.8 Å². The second-order valence-electron chi connectivity index (χ2n) is 7.35. The highest BCUT2D eigenvalue weighted by molar-refractivity contribution is 5.77. The van der Waals surface area contributed by atoms with Gasteiger partial charge in [-0.1, -0.05) is 33.8 Å². The zero-order chi connectivity index (χ0) is 20.6. The molecule has 7 heteroatoms. The first kappa shape index (κ1) is 22.6. The lowest BCUT2D eigenvalue weighted by Gasteiger charge is -2.14. The fourth-order valence-corrected chi connectivity index (χ4v) is 2.37. The molecule has 1 aromatic rings. The van der Waals surface area contributed by atoms with E-state index in [1.165, 1.54) is 7.11 Å². The molecular weight excluding hydrogens is 350 g/mol. The summed E-state index contributed by atoms with van der Waals surface area (Å²) in [5.74, 6) is -0.619. The van der Waals surface area contributed by atoms with Gasteiger partial charge in [0.25, 0.3) is 0 Å². The summed E-state index contributed by atoms with van der Waals surface area (Å²) in [6.07, 6.45) is 0.801. The van der Waals surface area contributed by atoms with Crippen LogP contribution in [0.1, 0.15) is 46.1 Å². The molecule has 0 spiro atoms. The molecule has 0 amide bonds. The van der Waals surface area contributed by atoms with E-state index in [2.05, 4.69) is 10.5 Å². The number of hydrogen-bond acceptors (Lipinski definition) is 6. The van der Waals surface area contributed by atoms with Gasteiger partial charge in [-0.2, -0.15) is 0 Å². The van der Waals surface area contributed by atoms with Gasteiger partial charge in [0.1, 0.15) is 0 Å². The first-order valence-electron chi connectivity index (χ1n) is 9.07. The van der Waals surface area contributed by atoms with Gasteiger partial charge in [0.2, 0.25) is 0 Å². The predicted molar refractivity (Wildman–Crippen MR) is 99.0 cm³/mol. The third-order valence-corrected chi connectivity index (χ3v) is 3.62. The topological polar surface area (TPSA) is 107 Å². The van der Waals surface area contributed by atoms with Crippen LogP contribution in [0, 0.1) is 11.8 Å². The summed E-state index contributed by atoms with van der Waals surface area (Å²) in [6.45, 7) is 7.64. The SMILES string of the molecule is COC(=O)[C@@H]([NH3+])Cc1ccc(OC(=O)CC(C)C)c(OC(=O)CC(C)C)c1. The van der Waals surface area contributed by atoms with Crippen molar-refractivity contribution in [1.29, 1.82) is 0 Å². The average molecular weight is 380 g/mol. The number of quaternary nitrogens is 1. The molecule has 0 aliphatic rings. The molecule has 1 aromatic carbocycles. The maximum atomic E-state index is 12.1. The molecule has 0 fully saturated rings. The molecule has 0 aliphatic carbocycles. The minimum atomic E-state index is -0.594. The Bertz CT molecular complexity index is 668. The highest BCUT2D eigenvalue weighted by Crippen LogP contribution is 2.30. The van der Waals surface area contributed by atoms with E-state index in [9.17, 15) is 14.4 Å². The van der Waals surface area contributed by atoms with Gasteiger partial charge in [-0.25, -0.2) is 4.79 Å². The Hall–Kier alpha value is -2.41. The third-order valence-electron chi connectivity index (χ3n) is 3.62. The van der Waals surface area contributed by atoms with Crippen LogP contribution >= 0.6 is 0 Å². The number of ether oxygens (including phenoxy) is 3. The maximum Gasteiger partial charge on any atom is 0.364 e. The molecule has 3 N–H and O–H groups in total. The first-order valence-corrected chi connectivity index (χ1v) is 9.07. The highest BCUT2D eigenvalue weighted by atomic mass is 16.6. The molecule has 0 heterocycles. The van der Waals surface area contributed by atoms with Crippen LogP contribution in [0.3, 0.4) is 0 Å². The van der Waals surface area contributed by atoms with Gasteiger partial charge in [-0.15, -0.1) is 0 Å². The molecule has 0 aliphatic heterocycles. The Kier molecular flexibility index (Phi) is 8.94. The molecule has 0 unspecified atom stereocenters. The van der Waals surface area contributed by atoms with Crippen LogP contribution in [0.5, 0.6) is 11.5 Å². The van der Waals surface area contributed by atoms with Gasteiger partial charge in [-0.05, 0) is 29.5 Å². The summed E-state index contributed by atoms with van der Waals surface area (Å²) < 4.78 is 15.5. The Balaban J connectivity index is 3.04. The summed E-state index contributed by atoms with van der Waals surface area (Å²) in [7, 11) is 1.30. The van der Waals surface area contributed by atoms with Crippen molar-refractivity contribution in [2.75, 3.05) is 7.11 Å². The van der Waals surface area contributed by atoms with E-state index in [1.807, 2.05) is 27.7 Å². The number of carbonyl (C=O) groups is 3. The number of benzene rings is 1. The second kappa shape index (κ2) is 10.7. The third kappa shape index (κ3) is 8.21. The van der Waals surface area contributed by atoms with Gasteiger partial charge in [-0.3, -0.25) is 9.59 Å². The molecule has 27 heavy (non-hydrogen) atoms. The number of rotatable bonds is 9. The molecule has 150 valence electrons. The number of esters is 3. The molecule has 0 saturated carbocycles. The van der Waals surface area contributed by atoms with Crippen LogP contribution in [0.15, 0.2) is 18.2 Å². The van der Waals surface area contributed by atoms with Crippen molar-refractivity contribution in [1.82, 2.24) is 0 Å². The molecule has 0 bridgehead atoms. The predicted octanol–water partition coefficient (Wildman–Crippen LogP) is 1.92. The Morgan fingerprint density at radius 1 is 0.926 bits per heavy atom. The largest absolute Gasteiger partial charge is 0.465 e. The summed E-state index contributed by atoms with van der Waals surface area (Å²) >= 11 is 0. The minimum absolute atomic E-state index is 0.135. The van der Waals surface area contributed by atoms with E-state index in [0.717, 1.165) is 5.56 Å². The molecular formula is C20H30NO6+. The monoisotopic (exact) mass is 380 g/mol. The average Bonchev–Trinajstić information content (AvgIpc) is 2.54. The summed E-state index contributed by atoms with van der Waals surface area (Å²) in [6, 6.07) is 4.27. The number of carbonyl (C=O) groups excluding carboxylic acids is 3. The van der Waals surface area contributed by atoms with Gasteiger partial charge < -0.3 is 19.9 Å². The van der Waals surface area contributed by atoms with Crippen molar-refractivity contribution >= 4 is 17.9 Å². The second-order valence-corrected chi connectivity index (χ2v) is 7.35. The van der Waals surface area contributed by atoms with E-state index in [0.29, 0.717) is 6.42 Å². The molecule has 0 radical (unpaired) electrons. The smallest absolute Gasteiger partial charge is 0.364 e. The van der Waals surface area contributed by atoms with Crippen LogP contribution in [0.4, 0.5) is 0 Å². The molecule has 1 atom stereocenters. The van der Waals surface area contributed by atoms with Crippen LogP contribution in [0.25, 0.3) is 0 Å². The number of hydrogen-bond donors (Lipinski definition) is 1. The lowest BCUT2D eigenvalue weighted by molar-refractivity contribution is -0.407. The van der Waals surface area contributed by atoms with Crippen LogP contribution in [-0.2, 0) is 25.5 Å². The molecule has 7 nitrogen and oxygen atoms in total. The van der Waals surface area contributed by atoms with E-state index >= 15 is 0 Å². The lowest BCUT2D eigenvalue weighted by atomic mass is 10.1. The van der Waals surface area contributed by atoms with Crippen molar-refractivity contribution in [3.8, 4) is 11.5 Å². The summed E-state index contributed by atoms with van der Waals surface area (Å²) in [5.41, 5.74) is 4.49. The van der Waals surface area contributed by atoms with E-state index in [1.54, 1.807) is 18.2 Å². The standard InChI is InChI=1S/C20H29NO6/c1-12(2)8-18(22)26-16-7-6-14(10-15(21)20(24)25-5)11-17(16)27-19(23)9-13(3)4/h6-7,11-13,15H,8-10,21H2,1-5H3/p+1/t15-/m0/s1. The Morgan fingerprint density at radius 3 is 1.93 bits per heavy atom. The van der Waals surface area contributed by atoms with Crippen LogP contribution in [-0.4, -0.2) is 31.1 Å². The molecule has 0 aromatic heterocycles. The molecule has 1 rings (SSSR count). The Morgan fingerprint density at radius 2 is 1.44 bits per heavy atom. The van der Waals surface area contributed by atoms with Crippen LogP contribution in [0.2, 0.25) is 0 Å². The normalized spacial score (nSPS) is 12.0. The fraction of sp³-hybridized carbons (Fsp3) is 0.550. The quantitative estimate of drug-likeness (QED) is 0.518. The van der Waals surface area contributed by atoms with Gasteiger partial charge in [0, 0.05) is 19.3 Å². The summed E-state index contributed by atoms with van der Waals surface area (Å²) in [4.78, 5) is 35.6.